The molecule has 0 fully saturated rings. The number of rotatable bonds is 3. The fourth-order valence-corrected chi connectivity index (χ4v) is 2.70. The first-order valence-corrected chi connectivity index (χ1v) is 7.42. The highest BCUT2D eigenvalue weighted by atomic mass is 16.6. The standard InChI is InChI=1S/C19H12N2O3/c22-21(23)18-10-4-8-16-14(18)12-15-17(20-16)9-5-11-19(15)24-13-6-2-1-3-7-13/h1-12H. The maximum atomic E-state index is 11.3. The summed E-state index contributed by atoms with van der Waals surface area (Å²) in [7, 11) is 0. The van der Waals surface area contributed by atoms with Crippen molar-refractivity contribution in [2.45, 2.75) is 0 Å². The maximum absolute atomic E-state index is 11.3. The van der Waals surface area contributed by atoms with E-state index in [1.54, 1.807) is 18.2 Å². The second kappa shape index (κ2) is 5.62. The van der Waals surface area contributed by atoms with E-state index in [4.69, 9.17) is 4.74 Å². The van der Waals surface area contributed by atoms with Crippen molar-refractivity contribution in [2.75, 3.05) is 0 Å². The molecule has 24 heavy (non-hydrogen) atoms. The molecule has 3 aromatic carbocycles. The second-order valence-corrected chi connectivity index (χ2v) is 5.33. The zero-order valence-corrected chi connectivity index (χ0v) is 12.5. The molecule has 1 heterocycles. The first-order valence-electron chi connectivity index (χ1n) is 7.42. The Kier molecular flexibility index (Phi) is 3.31. The number of hydrogen-bond donors (Lipinski definition) is 0. The van der Waals surface area contributed by atoms with Gasteiger partial charge < -0.3 is 4.74 Å². The number of non-ortho nitro benzene ring substituents is 1. The van der Waals surface area contributed by atoms with Crippen molar-refractivity contribution < 1.29 is 9.66 Å². The van der Waals surface area contributed by atoms with Crippen molar-refractivity contribution in [3.63, 3.8) is 0 Å². The van der Waals surface area contributed by atoms with Crippen molar-refractivity contribution >= 4 is 27.5 Å². The highest BCUT2D eigenvalue weighted by Gasteiger charge is 2.14. The van der Waals surface area contributed by atoms with Gasteiger partial charge in [-0.15, -0.1) is 0 Å². The summed E-state index contributed by atoms with van der Waals surface area (Å²) in [5.41, 5.74) is 1.36. The SMILES string of the molecule is O=[N+]([O-])c1cccc2nc3cccc(Oc4ccccc4)c3cc12. The van der Waals surface area contributed by atoms with Gasteiger partial charge in [0.25, 0.3) is 5.69 Å². The van der Waals surface area contributed by atoms with Gasteiger partial charge in [-0.3, -0.25) is 10.1 Å². The third-order valence-electron chi connectivity index (χ3n) is 3.80. The van der Waals surface area contributed by atoms with Crippen molar-refractivity contribution in [2.24, 2.45) is 0 Å². The minimum absolute atomic E-state index is 0.0383. The van der Waals surface area contributed by atoms with Gasteiger partial charge in [0.15, 0.2) is 0 Å². The van der Waals surface area contributed by atoms with Crippen LogP contribution in [0.25, 0.3) is 21.8 Å². The van der Waals surface area contributed by atoms with Crippen LogP contribution in [0, 0.1) is 10.1 Å². The summed E-state index contributed by atoms with van der Waals surface area (Å²) < 4.78 is 5.93. The predicted molar refractivity (Wildman–Crippen MR) is 92.4 cm³/mol. The number of ether oxygens (including phenoxy) is 1. The summed E-state index contributed by atoms with van der Waals surface area (Å²) in [4.78, 5) is 15.4. The average molecular weight is 316 g/mol. The number of nitrogens with zero attached hydrogens (tertiary/aromatic N) is 2. The van der Waals surface area contributed by atoms with Crippen LogP contribution in [0.1, 0.15) is 0 Å². The summed E-state index contributed by atoms with van der Waals surface area (Å²) in [6, 6.07) is 21.6. The van der Waals surface area contributed by atoms with Crippen LogP contribution in [-0.4, -0.2) is 9.91 Å². The quantitative estimate of drug-likeness (QED) is 0.300. The van der Waals surface area contributed by atoms with Gasteiger partial charge in [-0.25, -0.2) is 4.98 Å². The molecule has 0 N–H and O–H groups in total. The van der Waals surface area contributed by atoms with Crippen LogP contribution in [0.15, 0.2) is 72.8 Å². The fraction of sp³-hybridized carbons (Fsp3) is 0. The molecule has 0 spiro atoms. The highest BCUT2D eigenvalue weighted by Crippen LogP contribution is 2.33. The Bertz CT molecular complexity index is 1060. The molecular formula is C19H12N2O3. The zero-order valence-electron chi connectivity index (χ0n) is 12.5. The zero-order chi connectivity index (χ0) is 16.5. The van der Waals surface area contributed by atoms with Crippen molar-refractivity contribution in [3.05, 3.63) is 82.9 Å². The van der Waals surface area contributed by atoms with E-state index in [-0.39, 0.29) is 5.69 Å². The summed E-state index contributed by atoms with van der Waals surface area (Å²) in [6.45, 7) is 0. The van der Waals surface area contributed by atoms with E-state index in [1.807, 2.05) is 48.5 Å². The van der Waals surface area contributed by atoms with Crippen LogP contribution >= 0.6 is 0 Å². The number of hydrogen-bond acceptors (Lipinski definition) is 4. The van der Waals surface area contributed by atoms with Crippen LogP contribution < -0.4 is 4.74 Å². The van der Waals surface area contributed by atoms with E-state index >= 15 is 0 Å². The second-order valence-electron chi connectivity index (χ2n) is 5.33. The van der Waals surface area contributed by atoms with Crippen LogP contribution in [0.5, 0.6) is 11.5 Å². The summed E-state index contributed by atoms with van der Waals surface area (Å²) >= 11 is 0. The lowest BCUT2D eigenvalue weighted by Gasteiger charge is -2.09. The molecule has 5 nitrogen and oxygen atoms in total. The van der Waals surface area contributed by atoms with Gasteiger partial charge in [0.2, 0.25) is 0 Å². The molecule has 0 atom stereocenters. The number of pyridine rings is 1. The molecule has 5 heteroatoms. The number of nitro benzene ring substituents is 1. The number of fused-ring (bicyclic) bond motifs is 2. The average Bonchev–Trinajstić information content (AvgIpc) is 2.60. The Hall–Kier alpha value is -3.47. The van der Waals surface area contributed by atoms with E-state index in [2.05, 4.69) is 4.98 Å². The number of nitro groups is 1. The number of para-hydroxylation sites is 1. The first-order chi connectivity index (χ1) is 11.7. The molecule has 4 rings (SSSR count). The number of benzene rings is 3. The summed E-state index contributed by atoms with van der Waals surface area (Å²) in [5, 5.41) is 12.5. The molecule has 0 unspecified atom stereocenters. The lowest BCUT2D eigenvalue weighted by molar-refractivity contribution is -0.383. The van der Waals surface area contributed by atoms with Crippen molar-refractivity contribution in [3.8, 4) is 11.5 Å². The van der Waals surface area contributed by atoms with E-state index < -0.39 is 4.92 Å². The molecular weight excluding hydrogens is 304 g/mol. The molecule has 0 aliphatic rings. The predicted octanol–water partition coefficient (Wildman–Crippen LogP) is 5.09. The largest absolute Gasteiger partial charge is 0.457 e. The Morgan fingerprint density at radius 1 is 0.833 bits per heavy atom. The molecule has 0 bridgehead atoms. The Morgan fingerprint density at radius 2 is 1.54 bits per heavy atom. The Labute approximate surface area is 137 Å². The fourth-order valence-electron chi connectivity index (χ4n) is 2.70. The van der Waals surface area contributed by atoms with E-state index in [9.17, 15) is 10.1 Å². The normalized spacial score (nSPS) is 10.8. The Morgan fingerprint density at radius 3 is 2.29 bits per heavy atom. The van der Waals surface area contributed by atoms with Gasteiger partial charge in [-0.2, -0.15) is 0 Å². The summed E-state index contributed by atoms with van der Waals surface area (Å²) in [6.07, 6.45) is 0. The van der Waals surface area contributed by atoms with Gasteiger partial charge in [0, 0.05) is 11.5 Å². The topological polar surface area (TPSA) is 65.3 Å². The van der Waals surface area contributed by atoms with Crippen LogP contribution in [0.4, 0.5) is 5.69 Å². The molecule has 0 aliphatic carbocycles. The molecule has 0 radical (unpaired) electrons. The monoisotopic (exact) mass is 316 g/mol. The lowest BCUT2D eigenvalue weighted by Crippen LogP contribution is -1.92. The molecule has 0 amide bonds. The molecule has 0 aliphatic heterocycles. The maximum Gasteiger partial charge on any atom is 0.278 e. The Balaban J connectivity index is 1.95. The number of aromatic nitrogens is 1. The van der Waals surface area contributed by atoms with Crippen LogP contribution in [-0.2, 0) is 0 Å². The highest BCUT2D eigenvalue weighted by molar-refractivity contribution is 5.99. The third kappa shape index (κ3) is 2.42. The summed E-state index contributed by atoms with van der Waals surface area (Å²) in [5.74, 6) is 1.32. The van der Waals surface area contributed by atoms with E-state index in [0.29, 0.717) is 22.4 Å². The van der Waals surface area contributed by atoms with Gasteiger partial charge >= 0.3 is 0 Å². The van der Waals surface area contributed by atoms with Crippen molar-refractivity contribution in [1.82, 2.24) is 4.98 Å². The molecule has 0 saturated heterocycles. The van der Waals surface area contributed by atoms with Gasteiger partial charge in [-0.05, 0) is 36.4 Å². The lowest BCUT2D eigenvalue weighted by atomic mass is 10.1. The molecule has 0 saturated carbocycles. The minimum atomic E-state index is -0.392. The van der Waals surface area contributed by atoms with Gasteiger partial charge in [0.1, 0.15) is 11.5 Å². The molecule has 116 valence electrons. The van der Waals surface area contributed by atoms with E-state index in [0.717, 1.165) is 10.9 Å². The molecule has 4 aromatic rings. The third-order valence-corrected chi connectivity index (χ3v) is 3.80. The van der Waals surface area contributed by atoms with Crippen molar-refractivity contribution in [1.29, 1.82) is 0 Å². The molecule has 1 aromatic heterocycles. The first kappa shape index (κ1) is 14.1. The van der Waals surface area contributed by atoms with E-state index in [1.165, 1.54) is 6.07 Å². The minimum Gasteiger partial charge on any atom is -0.457 e. The smallest absolute Gasteiger partial charge is 0.278 e. The van der Waals surface area contributed by atoms with Crippen LogP contribution in [0.3, 0.4) is 0 Å². The van der Waals surface area contributed by atoms with Crippen LogP contribution in [0.2, 0.25) is 0 Å². The van der Waals surface area contributed by atoms with Gasteiger partial charge in [-0.1, -0.05) is 30.3 Å². The van der Waals surface area contributed by atoms with Gasteiger partial charge in [0.05, 0.1) is 21.3 Å².